The van der Waals surface area contributed by atoms with E-state index in [2.05, 4.69) is 20.8 Å². The van der Waals surface area contributed by atoms with E-state index in [-0.39, 0.29) is 30.4 Å². The maximum absolute atomic E-state index is 12.7. The highest BCUT2D eigenvalue weighted by Crippen LogP contribution is 2.29. The summed E-state index contributed by atoms with van der Waals surface area (Å²) in [5.41, 5.74) is 0.919. The number of nitrogens with one attached hydrogen (secondary N) is 2. The lowest BCUT2D eigenvalue weighted by Gasteiger charge is -2.08. The highest BCUT2D eigenvalue weighted by Gasteiger charge is 2.30. The Bertz CT molecular complexity index is 1280. The number of hydrogen-bond donors (Lipinski definition) is 2. The summed E-state index contributed by atoms with van der Waals surface area (Å²) < 4.78 is 41.0. The molecule has 0 aliphatic rings. The van der Waals surface area contributed by atoms with Crippen molar-refractivity contribution in [3.8, 4) is 0 Å². The minimum absolute atomic E-state index is 0.0865. The Labute approximate surface area is 192 Å². The molecule has 0 saturated heterocycles. The van der Waals surface area contributed by atoms with Crippen molar-refractivity contribution in [3.05, 3.63) is 96.1 Å². The quantitative estimate of drug-likeness (QED) is 0.428. The van der Waals surface area contributed by atoms with Gasteiger partial charge in [-0.25, -0.2) is 4.68 Å². The van der Waals surface area contributed by atoms with Crippen molar-refractivity contribution >= 4 is 23.2 Å². The molecule has 174 valence electrons. The van der Waals surface area contributed by atoms with E-state index in [4.69, 9.17) is 0 Å². The Hall–Kier alpha value is -4.41. The molecule has 11 heteroatoms. The number of aromatic nitrogens is 4. The molecule has 34 heavy (non-hydrogen) atoms. The lowest BCUT2D eigenvalue weighted by atomic mass is 10.1. The summed E-state index contributed by atoms with van der Waals surface area (Å²) in [4.78, 5) is 24.5. The van der Waals surface area contributed by atoms with Crippen LogP contribution in [0, 0.1) is 0 Å². The van der Waals surface area contributed by atoms with Crippen LogP contribution in [0.3, 0.4) is 0 Å². The van der Waals surface area contributed by atoms with Crippen molar-refractivity contribution < 1.29 is 22.8 Å². The Morgan fingerprint density at radius 3 is 2.32 bits per heavy atom. The SMILES string of the molecule is O=C(Cc1ccccc1)Nc1cnn(Cn2ccc(C(=O)Nc3ccc(C(F)(F)F)cc3)n2)c1. The molecule has 0 spiro atoms. The molecule has 2 heterocycles. The number of amides is 2. The Kier molecular flexibility index (Phi) is 6.44. The van der Waals surface area contributed by atoms with Crippen LogP contribution < -0.4 is 10.6 Å². The van der Waals surface area contributed by atoms with Gasteiger partial charge >= 0.3 is 6.18 Å². The van der Waals surface area contributed by atoms with Gasteiger partial charge in [0.1, 0.15) is 6.67 Å². The average Bonchev–Trinajstić information content (AvgIpc) is 3.44. The molecule has 0 unspecified atom stereocenters. The van der Waals surface area contributed by atoms with Crippen molar-refractivity contribution in [1.82, 2.24) is 19.6 Å². The molecule has 4 aromatic rings. The first kappa shape index (κ1) is 22.8. The zero-order chi connectivity index (χ0) is 24.1. The lowest BCUT2D eigenvalue weighted by molar-refractivity contribution is -0.137. The first-order valence-corrected chi connectivity index (χ1v) is 10.1. The maximum atomic E-state index is 12.7. The second-order valence-corrected chi connectivity index (χ2v) is 7.39. The highest BCUT2D eigenvalue weighted by molar-refractivity contribution is 6.02. The van der Waals surface area contributed by atoms with Gasteiger partial charge in [-0.15, -0.1) is 0 Å². The zero-order valence-corrected chi connectivity index (χ0v) is 17.7. The molecule has 2 N–H and O–H groups in total. The number of alkyl halides is 3. The van der Waals surface area contributed by atoms with Crippen LogP contribution in [0.15, 0.2) is 79.3 Å². The van der Waals surface area contributed by atoms with E-state index >= 15 is 0 Å². The molecular formula is C23H19F3N6O2. The van der Waals surface area contributed by atoms with Gasteiger partial charge in [0.2, 0.25) is 5.91 Å². The smallest absolute Gasteiger partial charge is 0.323 e. The third-order valence-electron chi connectivity index (χ3n) is 4.76. The molecule has 0 fully saturated rings. The Morgan fingerprint density at radius 1 is 0.882 bits per heavy atom. The molecule has 0 radical (unpaired) electrons. The number of carbonyl (C=O) groups excluding carboxylic acids is 2. The molecule has 4 rings (SSSR count). The van der Waals surface area contributed by atoms with Gasteiger partial charge < -0.3 is 10.6 Å². The summed E-state index contributed by atoms with van der Waals surface area (Å²) in [6, 6.07) is 15.0. The molecule has 2 amide bonds. The average molecular weight is 468 g/mol. The summed E-state index contributed by atoms with van der Waals surface area (Å²) >= 11 is 0. The van der Waals surface area contributed by atoms with Gasteiger partial charge in [-0.05, 0) is 35.9 Å². The molecule has 2 aromatic carbocycles. The molecule has 0 aliphatic carbocycles. The number of rotatable bonds is 7. The van der Waals surface area contributed by atoms with E-state index in [0.717, 1.165) is 17.7 Å². The van der Waals surface area contributed by atoms with E-state index < -0.39 is 17.6 Å². The summed E-state index contributed by atoms with van der Waals surface area (Å²) in [6.45, 7) is 0.183. The van der Waals surface area contributed by atoms with Crippen LogP contribution >= 0.6 is 0 Å². The van der Waals surface area contributed by atoms with Gasteiger partial charge in [0.05, 0.1) is 30.1 Å². The predicted molar refractivity (Wildman–Crippen MR) is 118 cm³/mol. The van der Waals surface area contributed by atoms with Crippen molar-refractivity contribution in [3.63, 3.8) is 0 Å². The van der Waals surface area contributed by atoms with Gasteiger partial charge in [-0.1, -0.05) is 30.3 Å². The van der Waals surface area contributed by atoms with Gasteiger partial charge in [-0.3, -0.25) is 14.3 Å². The van der Waals surface area contributed by atoms with E-state index in [9.17, 15) is 22.8 Å². The fourth-order valence-electron chi connectivity index (χ4n) is 3.14. The molecule has 0 atom stereocenters. The Balaban J connectivity index is 1.32. The predicted octanol–water partition coefficient (Wildman–Crippen LogP) is 4.04. The van der Waals surface area contributed by atoms with Crippen molar-refractivity contribution in [2.45, 2.75) is 19.3 Å². The first-order valence-electron chi connectivity index (χ1n) is 10.1. The van der Waals surface area contributed by atoms with Crippen molar-refractivity contribution in [1.29, 1.82) is 0 Å². The zero-order valence-electron chi connectivity index (χ0n) is 17.7. The summed E-state index contributed by atoms with van der Waals surface area (Å²) in [5.74, 6) is -0.736. The fraction of sp³-hybridized carbons (Fsp3) is 0.130. The molecular weight excluding hydrogens is 449 g/mol. The fourth-order valence-corrected chi connectivity index (χ4v) is 3.14. The van der Waals surface area contributed by atoms with Gasteiger partial charge in [0, 0.05) is 11.9 Å². The van der Waals surface area contributed by atoms with Crippen molar-refractivity contribution in [2.75, 3.05) is 10.6 Å². The largest absolute Gasteiger partial charge is 0.416 e. The standard InChI is InChI=1S/C23H19F3N6O2/c24-23(25,26)17-6-8-18(9-7-17)29-22(34)20-10-11-31(30-20)15-32-14-19(13-27-32)28-21(33)12-16-4-2-1-3-5-16/h1-11,13-14H,12,15H2,(H,28,33)(H,29,34). The highest BCUT2D eigenvalue weighted by atomic mass is 19.4. The van der Waals surface area contributed by atoms with Crippen LogP contribution in [0.25, 0.3) is 0 Å². The molecule has 0 bridgehead atoms. The number of benzene rings is 2. The number of anilines is 2. The number of halogens is 3. The van der Waals surface area contributed by atoms with E-state index in [1.807, 2.05) is 30.3 Å². The second kappa shape index (κ2) is 9.61. The monoisotopic (exact) mass is 468 g/mol. The van der Waals surface area contributed by atoms with Gasteiger partial charge in [0.25, 0.3) is 5.91 Å². The number of hydrogen-bond acceptors (Lipinski definition) is 4. The third-order valence-corrected chi connectivity index (χ3v) is 4.76. The number of carbonyl (C=O) groups is 2. The number of nitrogens with zero attached hydrogens (tertiary/aromatic N) is 4. The maximum Gasteiger partial charge on any atom is 0.416 e. The molecule has 2 aromatic heterocycles. The third kappa shape index (κ3) is 5.88. The minimum Gasteiger partial charge on any atom is -0.323 e. The summed E-state index contributed by atoms with van der Waals surface area (Å²) in [5, 5.41) is 13.6. The van der Waals surface area contributed by atoms with Crippen LogP contribution in [-0.4, -0.2) is 31.4 Å². The molecule has 8 nitrogen and oxygen atoms in total. The van der Waals surface area contributed by atoms with Gasteiger partial charge in [0.15, 0.2) is 5.69 Å². The van der Waals surface area contributed by atoms with E-state index in [1.165, 1.54) is 33.8 Å². The first-order chi connectivity index (χ1) is 16.3. The van der Waals surface area contributed by atoms with Crippen LogP contribution in [0.4, 0.5) is 24.5 Å². The van der Waals surface area contributed by atoms with Crippen LogP contribution in [0.5, 0.6) is 0 Å². The normalized spacial score (nSPS) is 11.3. The Morgan fingerprint density at radius 2 is 1.62 bits per heavy atom. The topological polar surface area (TPSA) is 93.8 Å². The summed E-state index contributed by atoms with van der Waals surface area (Å²) in [7, 11) is 0. The van der Waals surface area contributed by atoms with E-state index in [1.54, 1.807) is 12.4 Å². The molecule has 0 saturated carbocycles. The van der Waals surface area contributed by atoms with Crippen molar-refractivity contribution in [2.24, 2.45) is 0 Å². The lowest BCUT2D eigenvalue weighted by Crippen LogP contribution is -2.15. The van der Waals surface area contributed by atoms with Crippen LogP contribution in [-0.2, 0) is 24.1 Å². The summed E-state index contributed by atoms with van der Waals surface area (Å²) in [6.07, 6.45) is 0.495. The second-order valence-electron chi connectivity index (χ2n) is 7.39. The minimum atomic E-state index is -4.45. The van der Waals surface area contributed by atoms with Crippen LogP contribution in [0.1, 0.15) is 21.6 Å². The van der Waals surface area contributed by atoms with Crippen LogP contribution in [0.2, 0.25) is 0 Å². The van der Waals surface area contributed by atoms with E-state index in [0.29, 0.717) is 5.69 Å². The molecule has 0 aliphatic heterocycles. The van der Waals surface area contributed by atoms with Gasteiger partial charge in [-0.2, -0.15) is 23.4 Å².